The second-order valence-electron chi connectivity index (χ2n) is 3.00. The van der Waals surface area contributed by atoms with Crippen molar-refractivity contribution < 1.29 is 22.4 Å². The first-order chi connectivity index (χ1) is 7.03. The van der Waals surface area contributed by atoms with Crippen LogP contribution in [-0.2, 0) is 4.84 Å². The minimum absolute atomic E-state index is 0.359. The van der Waals surface area contributed by atoms with Crippen molar-refractivity contribution in [1.82, 2.24) is 5.48 Å². The average molecular weight is 223 g/mol. The highest BCUT2D eigenvalue weighted by Gasteiger charge is 2.28. The molecule has 0 radical (unpaired) electrons. The molecule has 0 amide bonds. The van der Waals surface area contributed by atoms with Crippen molar-refractivity contribution in [2.24, 2.45) is 0 Å². The maximum absolute atomic E-state index is 11.8. The monoisotopic (exact) mass is 223 g/mol. The summed E-state index contributed by atoms with van der Waals surface area (Å²) in [4.78, 5) is 4.34. The third-order valence-corrected chi connectivity index (χ3v) is 1.76. The van der Waals surface area contributed by atoms with Gasteiger partial charge in [0.2, 0.25) is 0 Å². The van der Waals surface area contributed by atoms with Crippen LogP contribution in [0.15, 0.2) is 22.8 Å². The fourth-order valence-corrected chi connectivity index (χ4v) is 1.06. The third kappa shape index (κ3) is 4.35. The number of hydroxylamine groups is 1. The van der Waals surface area contributed by atoms with Gasteiger partial charge in [0.05, 0.1) is 12.3 Å². The molecule has 0 fully saturated rings. The fraction of sp³-hybridized carbons (Fsp3) is 0.556. The molecule has 0 bridgehead atoms. The Labute approximate surface area is 85.2 Å². The number of rotatable bonds is 5. The topological polar surface area (TPSA) is 34.4 Å². The molecule has 0 aromatic carbocycles. The molecule has 0 saturated heterocycles. The lowest BCUT2D eigenvalue weighted by molar-refractivity contribution is -0.193. The number of furan rings is 1. The van der Waals surface area contributed by atoms with Crippen molar-refractivity contribution in [2.45, 2.75) is 25.6 Å². The molecule has 15 heavy (non-hydrogen) atoms. The normalized spacial score (nSPS) is 14.1. The van der Waals surface area contributed by atoms with Crippen LogP contribution in [0.25, 0.3) is 0 Å². The van der Waals surface area contributed by atoms with Crippen molar-refractivity contribution in [2.75, 3.05) is 6.61 Å². The number of nitrogens with one attached hydrogen (secondary N) is 1. The van der Waals surface area contributed by atoms with E-state index in [1.807, 2.05) is 6.92 Å². The zero-order chi connectivity index (χ0) is 11.3. The van der Waals surface area contributed by atoms with Crippen molar-refractivity contribution >= 4 is 0 Å². The van der Waals surface area contributed by atoms with E-state index in [1.165, 1.54) is 6.26 Å². The fourth-order valence-electron chi connectivity index (χ4n) is 1.06. The Morgan fingerprint density at radius 1 is 1.53 bits per heavy atom. The van der Waals surface area contributed by atoms with E-state index in [4.69, 9.17) is 4.42 Å². The SMILES string of the molecule is CCC(NOCC(F)(F)F)c1ccco1. The molecule has 1 N–H and O–H groups in total. The van der Waals surface area contributed by atoms with Crippen molar-refractivity contribution in [3.05, 3.63) is 24.2 Å². The molecule has 3 nitrogen and oxygen atoms in total. The lowest BCUT2D eigenvalue weighted by Gasteiger charge is -2.15. The van der Waals surface area contributed by atoms with Crippen LogP contribution in [0.1, 0.15) is 25.1 Å². The maximum atomic E-state index is 11.8. The Morgan fingerprint density at radius 2 is 2.27 bits per heavy atom. The summed E-state index contributed by atoms with van der Waals surface area (Å²) in [6, 6.07) is 2.99. The Kier molecular flexibility index (Phi) is 4.16. The predicted octanol–water partition coefficient (Wildman–Crippen LogP) is 2.81. The Balaban J connectivity index is 2.36. The number of hydrogen-bond acceptors (Lipinski definition) is 3. The molecule has 1 aromatic rings. The summed E-state index contributed by atoms with van der Waals surface area (Å²) < 4.78 is 40.3. The lowest BCUT2D eigenvalue weighted by atomic mass is 10.2. The van der Waals surface area contributed by atoms with Gasteiger partial charge >= 0.3 is 6.18 Å². The van der Waals surface area contributed by atoms with Crippen LogP contribution in [-0.4, -0.2) is 12.8 Å². The van der Waals surface area contributed by atoms with Gasteiger partial charge in [0.15, 0.2) is 6.61 Å². The second-order valence-corrected chi connectivity index (χ2v) is 3.00. The van der Waals surface area contributed by atoms with Crippen LogP contribution in [0.2, 0.25) is 0 Å². The van der Waals surface area contributed by atoms with Gasteiger partial charge in [-0.2, -0.15) is 18.7 Å². The van der Waals surface area contributed by atoms with Crippen LogP contribution in [0.4, 0.5) is 13.2 Å². The van der Waals surface area contributed by atoms with Crippen LogP contribution < -0.4 is 5.48 Å². The van der Waals surface area contributed by atoms with E-state index in [0.717, 1.165) is 0 Å². The van der Waals surface area contributed by atoms with Gasteiger partial charge in [-0.1, -0.05) is 6.92 Å². The Hall–Kier alpha value is -1.01. The molecule has 1 aromatic heterocycles. The first-order valence-corrected chi connectivity index (χ1v) is 4.50. The summed E-state index contributed by atoms with van der Waals surface area (Å²) in [5.41, 5.74) is 2.31. The van der Waals surface area contributed by atoms with Gasteiger partial charge in [-0.25, -0.2) is 0 Å². The molecule has 0 spiro atoms. The standard InChI is InChI=1S/C9H12F3NO2/c1-2-7(8-4-3-5-14-8)13-15-6-9(10,11)12/h3-5,7,13H,2,6H2,1H3. The van der Waals surface area contributed by atoms with Gasteiger partial charge in [-0.3, -0.25) is 4.84 Å². The smallest absolute Gasteiger partial charge is 0.413 e. The summed E-state index contributed by atoms with van der Waals surface area (Å²) in [6.45, 7) is 0.501. The van der Waals surface area contributed by atoms with E-state index in [-0.39, 0.29) is 6.04 Å². The quantitative estimate of drug-likeness (QED) is 0.779. The molecular weight excluding hydrogens is 211 g/mol. The largest absolute Gasteiger partial charge is 0.468 e. The minimum Gasteiger partial charge on any atom is -0.468 e. The van der Waals surface area contributed by atoms with E-state index in [0.29, 0.717) is 12.2 Å². The number of halogens is 3. The highest BCUT2D eigenvalue weighted by molar-refractivity contribution is 5.03. The summed E-state index contributed by atoms with van der Waals surface area (Å²) in [5, 5.41) is 0. The van der Waals surface area contributed by atoms with E-state index < -0.39 is 12.8 Å². The number of hydrogen-bond donors (Lipinski definition) is 1. The Bertz CT molecular complexity index is 271. The van der Waals surface area contributed by atoms with Crippen molar-refractivity contribution in [1.29, 1.82) is 0 Å². The highest BCUT2D eigenvalue weighted by atomic mass is 19.4. The van der Waals surface area contributed by atoms with Crippen molar-refractivity contribution in [3.63, 3.8) is 0 Å². The van der Waals surface area contributed by atoms with E-state index >= 15 is 0 Å². The van der Waals surface area contributed by atoms with Crippen LogP contribution >= 0.6 is 0 Å². The van der Waals surface area contributed by atoms with Gasteiger partial charge in [0, 0.05) is 0 Å². The Morgan fingerprint density at radius 3 is 2.73 bits per heavy atom. The average Bonchev–Trinajstić information content (AvgIpc) is 2.63. The van der Waals surface area contributed by atoms with Gasteiger partial charge in [-0.15, -0.1) is 0 Å². The van der Waals surface area contributed by atoms with Gasteiger partial charge in [0.1, 0.15) is 5.76 Å². The minimum atomic E-state index is -4.32. The third-order valence-electron chi connectivity index (χ3n) is 1.76. The number of alkyl halides is 3. The molecule has 1 rings (SSSR count). The molecule has 0 aliphatic carbocycles. The van der Waals surface area contributed by atoms with E-state index in [9.17, 15) is 13.2 Å². The summed E-state index contributed by atoms with van der Waals surface area (Å²) >= 11 is 0. The predicted molar refractivity (Wildman–Crippen MR) is 46.9 cm³/mol. The molecule has 0 aliphatic rings. The van der Waals surface area contributed by atoms with Crippen LogP contribution in [0, 0.1) is 0 Å². The summed E-state index contributed by atoms with van der Waals surface area (Å²) in [7, 11) is 0. The van der Waals surface area contributed by atoms with Crippen LogP contribution in [0.3, 0.4) is 0 Å². The molecule has 1 heterocycles. The lowest BCUT2D eigenvalue weighted by Crippen LogP contribution is -2.27. The molecule has 0 aliphatic heterocycles. The molecule has 86 valence electrons. The summed E-state index contributed by atoms with van der Waals surface area (Å²) in [5.74, 6) is 0.555. The van der Waals surface area contributed by atoms with Gasteiger partial charge in [0.25, 0.3) is 0 Å². The van der Waals surface area contributed by atoms with Gasteiger partial charge in [-0.05, 0) is 18.6 Å². The molecular formula is C9H12F3NO2. The zero-order valence-electron chi connectivity index (χ0n) is 8.17. The zero-order valence-corrected chi connectivity index (χ0v) is 8.17. The van der Waals surface area contributed by atoms with E-state index in [2.05, 4.69) is 10.3 Å². The molecule has 0 saturated carbocycles. The van der Waals surface area contributed by atoms with Crippen molar-refractivity contribution in [3.8, 4) is 0 Å². The molecule has 1 unspecified atom stereocenters. The summed E-state index contributed by atoms with van der Waals surface area (Å²) in [6.07, 6.45) is -2.29. The second kappa shape index (κ2) is 5.18. The van der Waals surface area contributed by atoms with Crippen LogP contribution in [0.5, 0.6) is 0 Å². The maximum Gasteiger partial charge on any atom is 0.413 e. The first-order valence-electron chi connectivity index (χ1n) is 4.50. The highest BCUT2D eigenvalue weighted by Crippen LogP contribution is 2.18. The van der Waals surface area contributed by atoms with E-state index in [1.54, 1.807) is 12.1 Å². The van der Waals surface area contributed by atoms with Gasteiger partial charge < -0.3 is 4.42 Å². The molecule has 1 atom stereocenters. The molecule has 6 heteroatoms. The first kappa shape index (κ1) is 12.1.